The summed E-state index contributed by atoms with van der Waals surface area (Å²) in [4.78, 5) is 11.9. The number of anilines is 1. The Labute approximate surface area is 192 Å². The zero-order valence-electron chi connectivity index (χ0n) is 19.8. The van der Waals surface area contributed by atoms with Crippen molar-refractivity contribution in [3.05, 3.63) is 83.4 Å². The Hall–Kier alpha value is -2.88. The van der Waals surface area contributed by atoms with E-state index in [4.69, 9.17) is 9.72 Å². The molecule has 0 spiro atoms. The SMILES string of the molecule is Cc1nc(CC2CCN(c3ccc(C(C)(C)C)cc3)CC2)ncc1OCc1ccccc1. The Morgan fingerprint density at radius 3 is 2.28 bits per heavy atom. The summed E-state index contributed by atoms with van der Waals surface area (Å²) in [5.74, 6) is 2.34. The van der Waals surface area contributed by atoms with Gasteiger partial charge in [0.2, 0.25) is 0 Å². The standard InChI is InChI=1S/C28H35N3O/c1-21-26(32-20-23-8-6-5-7-9-23)19-29-27(30-21)18-22-14-16-31(17-15-22)25-12-10-24(11-13-25)28(2,3)4/h5-13,19,22H,14-18,20H2,1-4H3. The van der Waals surface area contributed by atoms with Crippen molar-refractivity contribution in [2.45, 2.75) is 59.0 Å². The van der Waals surface area contributed by atoms with Crippen molar-refractivity contribution < 1.29 is 4.74 Å². The summed E-state index contributed by atoms with van der Waals surface area (Å²) in [5, 5.41) is 0. The summed E-state index contributed by atoms with van der Waals surface area (Å²) < 4.78 is 5.93. The van der Waals surface area contributed by atoms with Crippen LogP contribution in [0.1, 0.15) is 56.3 Å². The third-order valence-corrected chi connectivity index (χ3v) is 6.41. The molecule has 1 saturated heterocycles. The fourth-order valence-electron chi connectivity index (χ4n) is 4.31. The van der Waals surface area contributed by atoms with Crippen molar-refractivity contribution in [2.75, 3.05) is 18.0 Å². The topological polar surface area (TPSA) is 38.2 Å². The van der Waals surface area contributed by atoms with Crippen LogP contribution < -0.4 is 9.64 Å². The fraction of sp³-hybridized carbons (Fsp3) is 0.429. The molecular weight excluding hydrogens is 394 g/mol. The second kappa shape index (κ2) is 9.72. The molecule has 0 unspecified atom stereocenters. The molecule has 0 amide bonds. The molecule has 2 heterocycles. The third-order valence-electron chi connectivity index (χ3n) is 6.41. The minimum absolute atomic E-state index is 0.200. The van der Waals surface area contributed by atoms with Crippen LogP contribution in [0.15, 0.2) is 60.8 Å². The molecular formula is C28H35N3O. The number of hydrogen-bond acceptors (Lipinski definition) is 4. The van der Waals surface area contributed by atoms with Crippen LogP contribution in [0.3, 0.4) is 0 Å². The van der Waals surface area contributed by atoms with E-state index in [1.165, 1.54) is 24.1 Å². The van der Waals surface area contributed by atoms with Gasteiger partial charge in [0, 0.05) is 25.2 Å². The minimum Gasteiger partial charge on any atom is -0.485 e. The molecule has 0 saturated carbocycles. The van der Waals surface area contributed by atoms with Gasteiger partial charge in [0.25, 0.3) is 0 Å². The van der Waals surface area contributed by atoms with E-state index in [1.54, 1.807) is 0 Å². The van der Waals surface area contributed by atoms with Gasteiger partial charge in [-0.2, -0.15) is 0 Å². The Morgan fingerprint density at radius 1 is 0.969 bits per heavy atom. The number of piperidine rings is 1. The molecule has 0 atom stereocenters. The third kappa shape index (κ3) is 5.67. The van der Waals surface area contributed by atoms with Gasteiger partial charge in [0.1, 0.15) is 12.4 Å². The number of rotatable bonds is 6. The van der Waals surface area contributed by atoms with E-state index in [9.17, 15) is 0 Å². The second-order valence-electron chi connectivity index (χ2n) is 9.94. The van der Waals surface area contributed by atoms with E-state index in [1.807, 2.05) is 31.3 Å². The maximum Gasteiger partial charge on any atom is 0.159 e. The van der Waals surface area contributed by atoms with Gasteiger partial charge in [-0.3, -0.25) is 0 Å². The average molecular weight is 430 g/mol. The first-order chi connectivity index (χ1) is 15.4. The Bertz CT molecular complexity index is 1000. The number of ether oxygens (including phenoxy) is 1. The number of nitrogens with zero attached hydrogens (tertiary/aromatic N) is 3. The first-order valence-corrected chi connectivity index (χ1v) is 11.7. The molecule has 1 fully saturated rings. The number of hydrogen-bond donors (Lipinski definition) is 0. The first kappa shape index (κ1) is 22.3. The van der Waals surface area contributed by atoms with Crippen LogP contribution in [-0.2, 0) is 18.4 Å². The van der Waals surface area contributed by atoms with E-state index in [0.717, 1.165) is 42.3 Å². The van der Waals surface area contributed by atoms with Crippen molar-refractivity contribution in [2.24, 2.45) is 5.92 Å². The van der Waals surface area contributed by atoms with Crippen LogP contribution in [0.5, 0.6) is 5.75 Å². The monoisotopic (exact) mass is 429 g/mol. The van der Waals surface area contributed by atoms with Crippen LogP contribution in [0.4, 0.5) is 5.69 Å². The van der Waals surface area contributed by atoms with E-state index in [-0.39, 0.29) is 5.41 Å². The highest BCUT2D eigenvalue weighted by atomic mass is 16.5. The van der Waals surface area contributed by atoms with Crippen LogP contribution in [0.25, 0.3) is 0 Å². The summed E-state index contributed by atoms with van der Waals surface area (Å²) in [7, 11) is 0. The first-order valence-electron chi connectivity index (χ1n) is 11.7. The fourth-order valence-corrected chi connectivity index (χ4v) is 4.31. The Balaban J connectivity index is 1.29. The lowest BCUT2D eigenvalue weighted by Crippen LogP contribution is -2.34. The molecule has 168 valence electrons. The zero-order chi connectivity index (χ0) is 22.6. The minimum atomic E-state index is 0.200. The van der Waals surface area contributed by atoms with Crippen molar-refractivity contribution >= 4 is 5.69 Å². The molecule has 4 heteroatoms. The normalized spacial score (nSPS) is 15.1. The van der Waals surface area contributed by atoms with Gasteiger partial charge in [-0.1, -0.05) is 63.2 Å². The van der Waals surface area contributed by atoms with Gasteiger partial charge in [-0.05, 0) is 54.4 Å². The smallest absolute Gasteiger partial charge is 0.159 e. The maximum absolute atomic E-state index is 5.93. The largest absolute Gasteiger partial charge is 0.485 e. The van der Waals surface area contributed by atoms with E-state index in [2.05, 4.69) is 67.1 Å². The van der Waals surface area contributed by atoms with Crippen LogP contribution in [-0.4, -0.2) is 23.1 Å². The van der Waals surface area contributed by atoms with E-state index in [0.29, 0.717) is 12.5 Å². The van der Waals surface area contributed by atoms with Crippen molar-refractivity contribution in [1.29, 1.82) is 0 Å². The molecule has 0 radical (unpaired) electrons. The van der Waals surface area contributed by atoms with Crippen LogP contribution >= 0.6 is 0 Å². The van der Waals surface area contributed by atoms with Gasteiger partial charge in [0.15, 0.2) is 5.75 Å². The average Bonchev–Trinajstić information content (AvgIpc) is 2.79. The lowest BCUT2D eigenvalue weighted by Gasteiger charge is -2.34. The van der Waals surface area contributed by atoms with Gasteiger partial charge in [-0.15, -0.1) is 0 Å². The Kier molecular flexibility index (Phi) is 6.78. The molecule has 4 rings (SSSR count). The maximum atomic E-state index is 5.93. The number of benzene rings is 2. The molecule has 4 nitrogen and oxygen atoms in total. The summed E-state index contributed by atoms with van der Waals surface area (Å²) in [5.41, 5.74) is 4.99. The number of aryl methyl sites for hydroxylation is 1. The van der Waals surface area contributed by atoms with E-state index >= 15 is 0 Å². The molecule has 1 aromatic heterocycles. The van der Waals surface area contributed by atoms with Crippen molar-refractivity contribution in [3.63, 3.8) is 0 Å². The second-order valence-corrected chi connectivity index (χ2v) is 9.94. The zero-order valence-corrected chi connectivity index (χ0v) is 19.8. The molecule has 2 aromatic carbocycles. The van der Waals surface area contributed by atoms with Crippen LogP contribution in [0, 0.1) is 12.8 Å². The summed E-state index contributed by atoms with van der Waals surface area (Å²) in [6.45, 7) is 11.5. The lowest BCUT2D eigenvalue weighted by atomic mass is 9.87. The lowest BCUT2D eigenvalue weighted by molar-refractivity contribution is 0.300. The van der Waals surface area contributed by atoms with Crippen molar-refractivity contribution in [3.8, 4) is 5.75 Å². The molecule has 32 heavy (non-hydrogen) atoms. The van der Waals surface area contributed by atoms with Crippen molar-refractivity contribution in [1.82, 2.24) is 9.97 Å². The highest BCUT2D eigenvalue weighted by molar-refractivity contribution is 5.49. The molecule has 1 aliphatic heterocycles. The molecule has 0 N–H and O–H groups in total. The van der Waals surface area contributed by atoms with Gasteiger partial charge < -0.3 is 9.64 Å². The summed E-state index contributed by atoms with van der Waals surface area (Å²) >= 11 is 0. The van der Waals surface area contributed by atoms with Gasteiger partial charge in [0.05, 0.1) is 11.9 Å². The number of aromatic nitrogens is 2. The van der Waals surface area contributed by atoms with E-state index < -0.39 is 0 Å². The molecule has 0 aliphatic carbocycles. The molecule has 0 bridgehead atoms. The molecule has 3 aromatic rings. The van der Waals surface area contributed by atoms with Crippen LogP contribution in [0.2, 0.25) is 0 Å². The van der Waals surface area contributed by atoms with Gasteiger partial charge >= 0.3 is 0 Å². The highest BCUT2D eigenvalue weighted by Gasteiger charge is 2.22. The molecule has 1 aliphatic rings. The summed E-state index contributed by atoms with van der Waals surface area (Å²) in [6.07, 6.45) is 5.13. The quantitative estimate of drug-likeness (QED) is 0.473. The summed E-state index contributed by atoms with van der Waals surface area (Å²) in [6, 6.07) is 19.3. The Morgan fingerprint density at radius 2 is 1.66 bits per heavy atom. The van der Waals surface area contributed by atoms with Gasteiger partial charge in [-0.25, -0.2) is 9.97 Å². The highest BCUT2D eigenvalue weighted by Crippen LogP contribution is 2.28. The predicted molar refractivity (Wildman–Crippen MR) is 131 cm³/mol. The predicted octanol–water partition coefficient (Wildman–Crippen LogP) is 6.12.